The first kappa shape index (κ1) is 16.5. The summed E-state index contributed by atoms with van der Waals surface area (Å²) in [5, 5.41) is 0. The zero-order chi connectivity index (χ0) is 13.7. The van der Waals surface area contributed by atoms with Crippen molar-refractivity contribution in [1.82, 2.24) is 0 Å². The van der Waals surface area contributed by atoms with Crippen LogP contribution in [0.2, 0.25) is 0 Å². The van der Waals surface area contributed by atoms with Crippen molar-refractivity contribution in [2.24, 2.45) is 0 Å². The van der Waals surface area contributed by atoms with E-state index in [1.807, 2.05) is 0 Å². The number of benzene rings is 2. The molecule has 0 saturated heterocycles. The van der Waals surface area contributed by atoms with Crippen LogP contribution < -0.4 is 0 Å². The van der Waals surface area contributed by atoms with Gasteiger partial charge in [-0.05, 0) is 41.0 Å². The lowest BCUT2D eigenvalue weighted by Crippen LogP contribution is -1.87. The van der Waals surface area contributed by atoms with E-state index in [4.69, 9.17) is 0 Å². The fraction of sp³-hybridized carbons (Fsp3) is 0.400. The molecule has 0 aliphatic rings. The van der Waals surface area contributed by atoms with Crippen molar-refractivity contribution < 1.29 is 0 Å². The van der Waals surface area contributed by atoms with Crippen LogP contribution in [0, 0.1) is 0 Å². The molecule has 2 aromatic carbocycles. The molecule has 0 aliphatic carbocycles. The predicted octanol–water partition coefficient (Wildman–Crippen LogP) is 6.46. The summed E-state index contributed by atoms with van der Waals surface area (Å²) in [6, 6.07) is 18.0. The molecule has 0 heteroatoms. The van der Waals surface area contributed by atoms with E-state index in [1.54, 1.807) is 0 Å². The van der Waals surface area contributed by atoms with Crippen LogP contribution in [0.3, 0.4) is 0 Å². The van der Waals surface area contributed by atoms with Gasteiger partial charge in [0, 0.05) is 0 Å². The molecule has 2 rings (SSSR count). The van der Waals surface area contributed by atoms with Crippen LogP contribution in [0.4, 0.5) is 0 Å². The van der Waals surface area contributed by atoms with Crippen molar-refractivity contribution in [3.63, 3.8) is 0 Å². The molecule has 0 atom stereocenters. The maximum atomic E-state index is 2.27. The number of rotatable bonds is 5. The minimum Gasteiger partial charge on any atom is -0.0776 e. The molecule has 0 fully saturated rings. The van der Waals surface area contributed by atoms with E-state index in [0.717, 1.165) is 0 Å². The lowest BCUT2D eigenvalue weighted by Gasteiger charge is -2.08. The van der Waals surface area contributed by atoms with Gasteiger partial charge in [-0.2, -0.15) is 0 Å². The van der Waals surface area contributed by atoms with Crippen molar-refractivity contribution in [2.45, 2.75) is 53.4 Å². The van der Waals surface area contributed by atoms with Crippen LogP contribution in [0.5, 0.6) is 0 Å². The van der Waals surface area contributed by atoms with Crippen molar-refractivity contribution >= 4 is 0 Å². The predicted molar refractivity (Wildman–Crippen MR) is 91.3 cm³/mol. The van der Waals surface area contributed by atoms with E-state index in [1.165, 1.54) is 41.5 Å². The van der Waals surface area contributed by atoms with Gasteiger partial charge in [0.25, 0.3) is 0 Å². The molecule has 20 heavy (non-hydrogen) atoms. The Kier molecular flexibility index (Phi) is 6.51. The first-order valence-electron chi connectivity index (χ1n) is 7.40. The molecule has 0 aromatic heterocycles. The highest BCUT2D eigenvalue weighted by atomic mass is 14.1. The van der Waals surface area contributed by atoms with Crippen molar-refractivity contribution in [2.75, 3.05) is 0 Å². The lowest BCUT2D eigenvalue weighted by molar-refractivity contribution is 0.795. The molecular weight excluding hydrogens is 240 g/mol. The standard InChI is InChI=1S/C19H24.CH4/c1-4-5-6-16-7-9-18(10-8-16)19-13-11-17(12-14-19)15(2)3;/h7-15H,4-6H2,1-3H3;1H4. The largest absolute Gasteiger partial charge is 0.0776 e. The van der Waals surface area contributed by atoms with Crippen LogP contribution in [0.1, 0.15) is 58.1 Å². The number of hydrogen-bond acceptors (Lipinski definition) is 0. The fourth-order valence-corrected chi connectivity index (χ4v) is 2.31. The molecule has 108 valence electrons. The third kappa shape index (κ3) is 4.23. The molecule has 0 amide bonds. The van der Waals surface area contributed by atoms with Gasteiger partial charge in [0.15, 0.2) is 0 Å². The molecule has 0 unspecified atom stereocenters. The molecule has 0 spiro atoms. The zero-order valence-electron chi connectivity index (χ0n) is 12.3. The Morgan fingerprint density at radius 1 is 0.800 bits per heavy atom. The van der Waals surface area contributed by atoms with Crippen molar-refractivity contribution in [3.8, 4) is 11.1 Å². The molecule has 0 saturated carbocycles. The molecule has 0 bridgehead atoms. The fourth-order valence-electron chi connectivity index (χ4n) is 2.31. The summed E-state index contributed by atoms with van der Waals surface area (Å²) in [5.74, 6) is 0.602. The molecule has 0 aliphatic heterocycles. The van der Waals surface area contributed by atoms with E-state index in [2.05, 4.69) is 69.3 Å². The summed E-state index contributed by atoms with van der Waals surface area (Å²) in [7, 11) is 0. The highest BCUT2D eigenvalue weighted by molar-refractivity contribution is 5.64. The first-order valence-corrected chi connectivity index (χ1v) is 7.40. The van der Waals surface area contributed by atoms with Gasteiger partial charge in [0.05, 0.1) is 0 Å². The average molecular weight is 268 g/mol. The highest BCUT2D eigenvalue weighted by Gasteiger charge is 2.01. The maximum Gasteiger partial charge on any atom is -0.0184 e. The zero-order valence-corrected chi connectivity index (χ0v) is 12.3. The molecule has 0 radical (unpaired) electrons. The van der Waals surface area contributed by atoms with E-state index in [-0.39, 0.29) is 7.43 Å². The van der Waals surface area contributed by atoms with E-state index < -0.39 is 0 Å². The first-order chi connectivity index (χ1) is 9.20. The van der Waals surface area contributed by atoms with Gasteiger partial charge in [-0.15, -0.1) is 0 Å². The Bertz CT molecular complexity index is 489. The van der Waals surface area contributed by atoms with Crippen LogP contribution in [0.15, 0.2) is 48.5 Å². The summed E-state index contributed by atoms with van der Waals surface area (Å²) in [6.45, 7) is 6.71. The monoisotopic (exact) mass is 268 g/mol. The van der Waals surface area contributed by atoms with Gasteiger partial charge < -0.3 is 0 Å². The van der Waals surface area contributed by atoms with Gasteiger partial charge >= 0.3 is 0 Å². The van der Waals surface area contributed by atoms with Gasteiger partial charge in [-0.1, -0.05) is 83.1 Å². The Balaban J connectivity index is 0.00000200. The topological polar surface area (TPSA) is 0 Å². The van der Waals surface area contributed by atoms with Gasteiger partial charge in [-0.3, -0.25) is 0 Å². The van der Waals surface area contributed by atoms with Crippen molar-refractivity contribution in [3.05, 3.63) is 59.7 Å². The van der Waals surface area contributed by atoms with Gasteiger partial charge in [0.1, 0.15) is 0 Å². The Labute approximate surface area is 124 Å². The van der Waals surface area contributed by atoms with E-state index in [0.29, 0.717) is 5.92 Å². The Hall–Kier alpha value is -1.56. The quantitative estimate of drug-likeness (QED) is 0.584. The minimum atomic E-state index is 0. The summed E-state index contributed by atoms with van der Waals surface area (Å²) >= 11 is 0. The Morgan fingerprint density at radius 3 is 1.75 bits per heavy atom. The second kappa shape index (κ2) is 7.89. The molecule has 0 N–H and O–H groups in total. The summed E-state index contributed by atoms with van der Waals surface area (Å²) in [6.07, 6.45) is 3.74. The molecular formula is C20H28. The third-order valence-electron chi connectivity index (χ3n) is 3.68. The Morgan fingerprint density at radius 2 is 1.30 bits per heavy atom. The second-order valence-corrected chi connectivity index (χ2v) is 5.58. The van der Waals surface area contributed by atoms with E-state index in [9.17, 15) is 0 Å². The summed E-state index contributed by atoms with van der Waals surface area (Å²) in [4.78, 5) is 0. The SMILES string of the molecule is C.CCCCc1ccc(-c2ccc(C(C)C)cc2)cc1. The van der Waals surface area contributed by atoms with E-state index >= 15 is 0 Å². The average Bonchev–Trinajstić information content (AvgIpc) is 2.46. The molecule has 0 heterocycles. The van der Waals surface area contributed by atoms with Gasteiger partial charge in [0.2, 0.25) is 0 Å². The normalized spacial score (nSPS) is 10.4. The van der Waals surface area contributed by atoms with Crippen LogP contribution in [-0.2, 0) is 6.42 Å². The smallest absolute Gasteiger partial charge is 0.0184 e. The summed E-state index contributed by atoms with van der Waals surface area (Å²) < 4.78 is 0. The third-order valence-corrected chi connectivity index (χ3v) is 3.68. The number of hydrogen-bond donors (Lipinski definition) is 0. The summed E-state index contributed by atoms with van der Waals surface area (Å²) in [5.41, 5.74) is 5.48. The number of unbranched alkanes of at least 4 members (excludes halogenated alkanes) is 1. The van der Waals surface area contributed by atoms with Gasteiger partial charge in [-0.25, -0.2) is 0 Å². The lowest BCUT2D eigenvalue weighted by atomic mass is 9.98. The minimum absolute atomic E-state index is 0. The highest BCUT2D eigenvalue weighted by Crippen LogP contribution is 2.23. The van der Waals surface area contributed by atoms with Crippen LogP contribution in [0.25, 0.3) is 11.1 Å². The van der Waals surface area contributed by atoms with Crippen LogP contribution >= 0.6 is 0 Å². The van der Waals surface area contributed by atoms with Crippen molar-refractivity contribution in [1.29, 1.82) is 0 Å². The maximum absolute atomic E-state index is 2.27. The molecule has 0 nitrogen and oxygen atoms in total. The molecule has 2 aromatic rings. The number of aryl methyl sites for hydroxylation is 1. The second-order valence-electron chi connectivity index (χ2n) is 5.58. The van der Waals surface area contributed by atoms with Crippen LogP contribution in [-0.4, -0.2) is 0 Å².